The van der Waals surface area contributed by atoms with Crippen LogP contribution in [-0.4, -0.2) is 97.2 Å². The van der Waals surface area contributed by atoms with E-state index in [0.29, 0.717) is 26.1 Å². The Kier molecular flexibility index (Phi) is 42.8. The van der Waals surface area contributed by atoms with Gasteiger partial charge in [0.25, 0.3) is 0 Å². The third kappa shape index (κ3) is 40.6. The van der Waals surface area contributed by atoms with Crippen LogP contribution in [0.2, 0.25) is 0 Å². The summed E-state index contributed by atoms with van der Waals surface area (Å²) >= 11 is 0. The molecule has 0 amide bonds. The first kappa shape index (κ1) is 62.8. The number of carboxylic acid groups (broad SMARTS) is 2. The number of aliphatic carboxylic acids is 2. The minimum absolute atomic E-state index is 0. The molecule has 4 unspecified atom stereocenters. The van der Waals surface area contributed by atoms with Crippen molar-refractivity contribution in [3.63, 3.8) is 0 Å². The first-order valence-electron chi connectivity index (χ1n) is 25.1. The molecule has 0 heterocycles. The number of ether oxygens (including phenoxy) is 4. The molecular weight excluding hydrogens is 946 g/mol. The molecule has 4 atom stereocenters. The van der Waals surface area contributed by atoms with Gasteiger partial charge in [0.05, 0.1) is 25.4 Å². The number of esters is 2. The van der Waals surface area contributed by atoms with E-state index in [1.165, 1.54) is 78.1 Å². The Morgan fingerprint density at radius 3 is 0.938 bits per heavy atom. The molecule has 0 spiro atoms. The van der Waals surface area contributed by atoms with Crippen LogP contribution < -0.4 is 10.2 Å². The Balaban J connectivity index is 0.00000124. The molecule has 11 heteroatoms. The summed E-state index contributed by atoms with van der Waals surface area (Å²) < 4.78 is 22.7. The van der Waals surface area contributed by atoms with Crippen LogP contribution in [0.25, 0.3) is 0 Å². The van der Waals surface area contributed by atoms with Crippen LogP contribution in [0.4, 0.5) is 0 Å². The molecular formula is C54H86BaO10. The van der Waals surface area contributed by atoms with E-state index in [4.69, 9.17) is 18.9 Å². The van der Waals surface area contributed by atoms with Crippen molar-refractivity contribution in [2.45, 2.75) is 245 Å². The van der Waals surface area contributed by atoms with E-state index >= 15 is 0 Å². The minimum atomic E-state index is -1.07. The Labute approximate surface area is 434 Å². The normalized spacial score (nSPS) is 12.7. The van der Waals surface area contributed by atoms with Gasteiger partial charge in [-0.3, -0.25) is 9.59 Å². The van der Waals surface area contributed by atoms with Gasteiger partial charge in [-0.1, -0.05) is 177 Å². The predicted octanol–water partition coefficient (Wildman–Crippen LogP) is 11.1. The molecule has 0 aliphatic carbocycles. The van der Waals surface area contributed by atoms with Crippen molar-refractivity contribution in [3.8, 4) is 0 Å². The summed E-state index contributed by atoms with van der Waals surface area (Å²) in [6.45, 7) is 8.25. The molecule has 0 radical (unpaired) electrons. The van der Waals surface area contributed by atoms with Gasteiger partial charge in [-0.25, -0.2) is 0 Å². The van der Waals surface area contributed by atoms with Crippen molar-refractivity contribution in [1.29, 1.82) is 0 Å². The maximum absolute atomic E-state index is 11.4. The third-order valence-electron chi connectivity index (χ3n) is 11.5. The maximum Gasteiger partial charge on any atom is 2.00 e. The summed E-state index contributed by atoms with van der Waals surface area (Å²) in [7, 11) is 0. The molecule has 0 aliphatic heterocycles. The van der Waals surface area contributed by atoms with Gasteiger partial charge >= 0.3 is 60.8 Å². The van der Waals surface area contributed by atoms with E-state index in [2.05, 4.69) is 13.8 Å². The van der Waals surface area contributed by atoms with Crippen molar-refractivity contribution in [1.82, 2.24) is 0 Å². The van der Waals surface area contributed by atoms with Crippen molar-refractivity contribution in [3.05, 3.63) is 71.8 Å². The maximum atomic E-state index is 11.4. The Bertz CT molecular complexity index is 1320. The van der Waals surface area contributed by atoms with Gasteiger partial charge in [-0.05, 0) is 75.3 Å². The van der Waals surface area contributed by atoms with Gasteiger partial charge < -0.3 is 38.7 Å². The molecule has 0 saturated carbocycles. The minimum Gasteiger partial charge on any atom is -0.550 e. The molecule has 2 rings (SSSR count). The molecule has 0 N–H and O–H groups in total. The predicted molar refractivity (Wildman–Crippen MR) is 258 cm³/mol. The van der Waals surface area contributed by atoms with Gasteiger partial charge in [0.2, 0.25) is 0 Å². The van der Waals surface area contributed by atoms with Gasteiger partial charge in [0.15, 0.2) is 0 Å². The number of unbranched alkanes of at least 4 members (excludes halogenated alkanes) is 16. The molecule has 0 aromatic heterocycles. The molecule has 364 valence electrons. The largest absolute Gasteiger partial charge is 2.00 e. The molecule has 0 saturated heterocycles. The quantitative estimate of drug-likeness (QED) is 0.0358. The van der Waals surface area contributed by atoms with Gasteiger partial charge in [0, 0.05) is 38.6 Å². The molecule has 65 heavy (non-hydrogen) atoms. The summed E-state index contributed by atoms with van der Waals surface area (Å²) in [6.07, 6.45) is 27.3. The summed E-state index contributed by atoms with van der Waals surface area (Å²) in [5, 5.41) is 22.1. The van der Waals surface area contributed by atoms with Crippen molar-refractivity contribution >= 4 is 72.8 Å². The zero-order chi connectivity index (χ0) is 46.9. The van der Waals surface area contributed by atoms with E-state index < -0.39 is 11.9 Å². The van der Waals surface area contributed by atoms with Crippen LogP contribution in [0, 0.1) is 0 Å². The Morgan fingerprint density at radius 2 is 0.677 bits per heavy atom. The van der Waals surface area contributed by atoms with E-state index in [1.807, 2.05) is 60.7 Å². The van der Waals surface area contributed by atoms with Gasteiger partial charge in [-0.2, -0.15) is 0 Å². The smallest absolute Gasteiger partial charge is 0.550 e. The number of hydrogen-bond donors (Lipinski definition) is 0. The second-order valence-electron chi connectivity index (χ2n) is 17.5. The second kappa shape index (κ2) is 44.3. The first-order chi connectivity index (χ1) is 31.0. The fourth-order valence-corrected chi connectivity index (χ4v) is 7.93. The molecule has 0 aliphatic rings. The molecule has 0 bridgehead atoms. The van der Waals surface area contributed by atoms with Crippen molar-refractivity contribution in [2.24, 2.45) is 0 Å². The summed E-state index contributed by atoms with van der Waals surface area (Å²) in [5.41, 5.74) is 2.08. The van der Waals surface area contributed by atoms with Crippen LogP contribution in [0.3, 0.4) is 0 Å². The number of carboxylic acids is 2. The average molecular weight is 1030 g/mol. The molecule has 2 aromatic rings. The number of benzene rings is 2. The summed E-state index contributed by atoms with van der Waals surface area (Å²) in [5.74, 6) is -2.52. The Hall–Kier alpha value is -2.19. The van der Waals surface area contributed by atoms with Crippen molar-refractivity contribution < 1.29 is 48.3 Å². The fraction of sp³-hybridized carbons (Fsp3) is 0.704. The van der Waals surface area contributed by atoms with E-state index in [1.54, 1.807) is 0 Å². The second-order valence-corrected chi connectivity index (χ2v) is 17.5. The monoisotopic (exact) mass is 1030 g/mol. The standard InChI is InChI=1S/2C27H44O5.Ba/c2*1-3-4-5-6-7-13-18-25(32-23(2)28)19-14-8-9-15-20-26(21-27(29)30)31-22-24-16-11-10-12-17-24;/h2*10-12,16-17,25-26H,3-9,13-15,18-22H2,1-2H3,(H,29,30);/q;;+2/p-2. The van der Waals surface area contributed by atoms with E-state index in [9.17, 15) is 29.4 Å². The fourth-order valence-electron chi connectivity index (χ4n) is 7.93. The number of carbonyl (C=O) groups is 4. The summed E-state index contributed by atoms with van der Waals surface area (Å²) in [4.78, 5) is 44.9. The molecule has 2 aromatic carbocycles. The zero-order valence-corrected chi connectivity index (χ0v) is 45.5. The van der Waals surface area contributed by atoms with Crippen LogP contribution in [-0.2, 0) is 51.3 Å². The van der Waals surface area contributed by atoms with E-state index in [-0.39, 0.29) is 98.1 Å². The van der Waals surface area contributed by atoms with E-state index in [0.717, 1.165) is 101 Å². The van der Waals surface area contributed by atoms with Gasteiger partial charge in [0.1, 0.15) is 12.2 Å². The number of carbonyl (C=O) groups excluding carboxylic acids is 4. The van der Waals surface area contributed by atoms with Crippen LogP contribution >= 0.6 is 0 Å². The summed E-state index contributed by atoms with van der Waals surface area (Å²) in [6, 6.07) is 19.6. The van der Waals surface area contributed by atoms with Crippen LogP contribution in [0.5, 0.6) is 0 Å². The van der Waals surface area contributed by atoms with Crippen LogP contribution in [0.1, 0.15) is 219 Å². The average Bonchev–Trinajstić information content (AvgIpc) is 3.26. The van der Waals surface area contributed by atoms with Crippen LogP contribution in [0.15, 0.2) is 60.7 Å². The van der Waals surface area contributed by atoms with Crippen molar-refractivity contribution in [2.75, 3.05) is 0 Å². The zero-order valence-electron chi connectivity index (χ0n) is 41.1. The molecule has 0 fully saturated rings. The number of rotatable bonds is 40. The third-order valence-corrected chi connectivity index (χ3v) is 11.5. The topological polar surface area (TPSA) is 151 Å². The first-order valence-corrected chi connectivity index (χ1v) is 25.1. The SMILES string of the molecule is CCCCCCCCC(CCCCCCC(CC(=O)[O-])OCc1ccccc1)OC(C)=O.CCCCCCCCC(CCCCCCC(CC(=O)[O-])OCc1ccccc1)OC(C)=O.[Ba+2]. The Morgan fingerprint density at radius 1 is 0.415 bits per heavy atom. The molecule has 10 nitrogen and oxygen atoms in total. The van der Waals surface area contributed by atoms with Gasteiger partial charge in [-0.15, -0.1) is 0 Å². The number of hydrogen-bond acceptors (Lipinski definition) is 10.